The van der Waals surface area contributed by atoms with Gasteiger partial charge in [0.05, 0.1) is 24.4 Å². The Labute approximate surface area is 297 Å². The summed E-state index contributed by atoms with van der Waals surface area (Å²) < 4.78 is 22.3. The van der Waals surface area contributed by atoms with Crippen molar-refractivity contribution in [1.82, 2.24) is 14.6 Å². The molecule has 1 saturated heterocycles. The second kappa shape index (κ2) is 15.3. The smallest absolute Gasteiger partial charge is 0.352 e. The predicted molar refractivity (Wildman–Crippen MR) is 198 cm³/mol. The number of thiazole rings is 1. The number of fused-ring (bicyclic) bond motifs is 2. The number of hydrogen-bond donors (Lipinski definition) is 2. The molecular formula is C37H38ClFN4O4S2. The van der Waals surface area contributed by atoms with Crippen LogP contribution in [0.1, 0.15) is 69.8 Å². The van der Waals surface area contributed by atoms with Crippen LogP contribution in [0, 0.1) is 12.7 Å². The van der Waals surface area contributed by atoms with E-state index in [2.05, 4.69) is 16.2 Å². The number of aromatic nitrogens is 2. The summed E-state index contributed by atoms with van der Waals surface area (Å²) in [4.78, 5) is 19.0. The van der Waals surface area contributed by atoms with Gasteiger partial charge in [-0.15, -0.1) is 23.1 Å². The minimum Gasteiger partial charge on any atom is -0.493 e. The van der Waals surface area contributed by atoms with Crippen LogP contribution in [0.25, 0.3) is 27.8 Å². The quantitative estimate of drug-likeness (QED) is 0.0753. The van der Waals surface area contributed by atoms with E-state index in [9.17, 15) is 19.4 Å². The molecule has 0 saturated carbocycles. The van der Waals surface area contributed by atoms with Gasteiger partial charge in [-0.05, 0) is 99.4 Å². The van der Waals surface area contributed by atoms with Crippen LogP contribution in [0.3, 0.4) is 0 Å². The number of nitrogens with zero attached hydrogens (tertiary/aromatic N) is 4. The second-order valence-electron chi connectivity index (χ2n) is 11.9. The first-order valence-corrected chi connectivity index (χ1v) is 18.4. The molecule has 5 aromatic rings. The summed E-state index contributed by atoms with van der Waals surface area (Å²) in [5.74, 6) is -0.0248. The van der Waals surface area contributed by atoms with Crippen LogP contribution >= 0.6 is 34.7 Å². The summed E-state index contributed by atoms with van der Waals surface area (Å²) in [7, 11) is 1.78. The van der Waals surface area contributed by atoms with Crippen molar-refractivity contribution in [3.63, 3.8) is 0 Å². The summed E-state index contributed by atoms with van der Waals surface area (Å²) in [6, 6.07) is 12.3. The molecule has 0 atom stereocenters. The third-order valence-corrected chi connectivity index (χ3v) is 11.4. The molecule has 1 aliphatic heterocycles. The molecule has 3 heterocycles. The highest BCUT2D eigenvalue weighted by Gasteiger charge is 2.24. The standard InChI is InChI=1S/C37H38ClFN4O4S2/c1-4-40-43-14-6-5-8-25(43)18-30-31(38)13-12-29-28(36(37(45)46)42(3)35(29)30)9-7-15-47-32-19-26(17-23-16-24(39)10-11-27(23)32)48-21-33-22(2)41-34(20-44)49-33/h4,10-13,16-19,44H,5-9,14-15,20-21H2,1-3H3,(H,45,46)/b25-18+,40-4+. The third-order valence-electron chi connectivity index (χ3n) is 8.72. The Kier molecular flexibility index (Phi) is 10.9. The molecule has 12 heteroatoms. The van der Waals surface area contributed by atoms with Gasteiger partial charge in [0.15, 0.2) is 0 Å². The summed E-state index contributed by atoms with van der Waals surface area (Å²) in [5.41, 5.74) is 4.47. The number of carboxylic acid groups (broad SMARTS) is 1. The van der Waals surface area contributed by atoms with E-state index < -0.39 is 5.97 Å². The van der Waals surface area contributed by atoms with E-state index in [1.54, 1.807) is 35.7 Å². The topological polar surface area (TPSA) is 100 Å². The first-order valence-electron chi connectivity index (χ1n) is 16.2. The van der Waals surface area contributed by atoms with Crippen molar-refractivity contribution in [2.45, 2.75) is 63.2 Å². The molecular weight excluding hydrogens is 683 g/mol. The lowest BCUT2D eigenvalue weighted by atomic mass is 10.0. The van der Waals surface area contributed by atoms with Gasteiger partial charge in [-0.1, -0.05) is 17.7 Å². The van der Waals surface area contributed by atoms with E-state index in [4.69, 9.17) is 16.3 Å². The lowest BCUT2D eigenvalue weighted by Gasteiger charge is -2.27. The number of ether oxygens (including phenoxy) is 1. The number of halogens is 2. The Hall–Kier alpha value is -3.90. The van der Waals surface area contributed by atoms with E-state index in [-0.39, 0.29) is 18.1 Å². The number of piperidine rings is 1. The maximum absolute atomic E-state index is 14.3. The van der Waals surface area contributed by atoms with Gasteiger partial charge in [-0.25, -0.2) is 14.2 Å². The number of hydrogen-bond acceptors (Lipinski definition) is 8. The third kappa shape index (κ3) is 7.50. The van der Waals surface area contributed by atoms with Crippen LogP contribution in [0.4, 0.5) is 4.39 Å². The highest BCUT2D eigenvalue weighted by atomic mass is 35.5. The first kappa shape index (κ1) is 34.9. The molecule has 1 aliphatic rings. The molecule has 2 aromatic heterocycles. The van der Waals surface area contributed by atoms with E-state index in [1.807, 2.05) is 43.1 Å². The lowest BCUT2D eigenvalue weighted by Crippen LogP contribution is -2.22. The van der Waals surface area contributed by atoms with Gasteiger partial charge in [0.25, 0.3) is 0 Å². The maximum atomic E-state index is 14.3. The Balaban J connectivity index is 1.25. The fourth-order valence-corrected chi connectivity index (χ4v) is 8.72. The van der Waals surface area contributed by atoms with Crippen molar-refractivity contribution in [2.24, 2.45) is 12.1 Å². The number of aryl methyl sites for hydroxylation is 3. The SMILES string of the molecule is C/C=N/N1CCCC/C1=C\c1c(Cl)ccc2c(CCCOc3cc(SCc4sc(CO)nc4C)cc4cc(F)ccc34)c(C(=O)O)n(C)c12. The van der Waals surface area contributed by atoms with Gasteiger partial charge in [-0.3, -0.25) is 5.01 Å². The molecule has 0 spiro atoms. The minimum atomic E-state index is -1.00. The molecule has 0 radical (unpaired) electrons. The van der Waals surface area contributed by atoms with Crippen molar-refractivity contribution in [3.8, 4) is 5.75 Å². The van der Waals surface area contributed by atoms with Gasteiger partial charge in [-0.2, -0.15) is 5.10 Å². The van der Waals surface area contributed by atoms with E-state index >= 15 is 0 Å². The van der Waals surface area contributed by atoms with Crippen LogP contribution in [-0.2, 0) is 25.8 Å². The summed E-state index contributed by atoms with van der Waals surface area (Å²) >= 11 is 9.87. The largest absolute Gasteiger partial charge is 0.493 e. The molecule has 256 valence electrons. The number of carboxylic acids is 1. The maximum Gasteiger partial charge on any atom is 0.352 e. The van der Waals surface area contributed by atoms with Gasteiger partial charge in [0.1, 0.15) is 22.3 Å². The summed E-state index contributed by atoms with van der Waals surface area (Å²) in [5, 5.41) is 30.0. The van der Waals surface area contributed by atoms with Gasteiger partial charge >= 0.3 is 5.97 Å². The number of allylic oxidation sites excluding steroid dienone is 1. The first-order chi connectivity index (χ1) is 23.7. The monoisotopic (exact) mass is 720 g/mol. The minimum absolute atomic E-state index is 0.0870. The van der Waals surface area contributed by atoms with Crippen molar-refractivity contribution >= 4 is 74.6 Å². The highest BCUT2D eigenvalue weighted by Crippen LogP contribution is 2.38. The van der Waals surface area contributed by atoms with Crippen molar-refractivity contribution in [1.29, 1.82) is 0 Å². The summed E-state index contributed by atoms with van der Waals surface area (Å²) in [6.45, 7) is 4.89. The van der Waals surface area contributed by atoms with Crippen molar-refractivity contribution < 1.29 is 24.1 Å². The Morgan fingerprint density at radius 3 is 2.78 bits per heavy atom. The molecule has 6 rings (SSSR count). The van der Waals surface area contributed by atoms with E-state index in [0.717, 1.165) is 79.8 Å². The number of rotatable bonds is 12. The average Bonchev–Trinajstić information content (AvgIpc) is 3.59. The van der Waals surface area contributed by atoms with Gasteiger partial charge in [0.2, 0.25) is 0 Å². The van der Waals surface area contributed by atoms with Crippen LogP contribution in [-0.4, -0.2) is 50.1 Å². The van der Waals surface area contributed by atoms with Crippen LogP contribution in [0.5, 0.6) is 5.75 Å². The molecule has 3 aromatic carbocycles. The Morgan fingerprint density at radius 2 is 2.02 bits per heavy atom. The molecule has 0 aliphatic carbocycles. The zero-order valence-corrected chi connectivity index (χ0v) is 30.0. The van der Waals surface area contributed by atoms with E-state index in [1.165, 1.54) is 23.5 Å². The van der Waals surface area contributed by atoms with Gasteiger partial charge in [0, 0.05) is 62.4 Å². The highest BCUT2D eigenvalue weighted by molar-refractivity contribution is 7.98. The molecule has 49 heavy (non-hydrogen) atoms. The number of benzene rings is 3. The summed E-state index contributed by atoms with van der Waals surface area (Å²) in [6.07, 6.45) is 7.83. The van der Waals surface area contributed by atoms with E-state index in [0.29, 0.717) is 41.0 Å². The molecule has 0 unspecified atom stereocenters. The van der Waals surface area contributed by atoms with Crippen LogP contribution in [0.2, 0.25) is 5.02 Å². The zero-order chi connectivity index (χ0) is 34.7. The van der Waals surface area contributed by atoms with Crippen molar-refractivity contribution in [3.05, 3.63) is 91.4 Å². The normalized spacial score (nSPS) is 14.6. The van der Waals surface area contributed by atoms with Gasteiger partial charge < -0.3 is 19.5 Å². The Morgan fingerprint density at radius 1 is 1.20 bits per heavy atom. The molecule has 0 bridgehead atoms. The number of aliphatic hydroxyl groups excluding tert-OH is 1. The lowest BCUT2D eigenvalue weighted by molar-refractivity contribution is 0.0685. The Bertz CT molecular complexity index is 2090. The molecule has 0 amide bonds. The number of aliphatic hydroxyl groups is 1. The molecule has 8 nitrogen and oxygen atoms in total. The fourth-order valence-electron chi connectivity index (χ4n) is 6.47. The molecule has 2 N–H and O–H groups in total. The second-order valence-corrected chi connectivity index (χ2v) is 14.6. The van der Waals surface area contributed by atoms with Crippen LogP contribution < -0.4 is 4.74 Å². The molecule has 1 fully saturated rings. The number of aromatic carboxylic acids is 1. The number of carbonyl (C=O) groups is 1. The van der Waals surface area contributed by atoms with Crippen molar-refractivity contribution in [2.75, 3.05) is 13.2 Å². The fraction of sp³-hybridized carbons (Fsp3) is 0.324. The zero-order valence-electron chi connectivity index (χ0n) is 27.6. The number of hydrazone groups is 1. The number of thioether (sulfide) groups is 1. The van der Waals surface area contributed by atoms with Crippen LogP contribution in [0.15, 0.2) is 58.2 Å². The predicted octanol–water partition coefficient (Wildman–Crippen LogP) is 9.22. The average molecular weight is 721 g/mol.